The molecule has 0 unspecified atom stereocenters. The van der Waals surface area contributed by atoms with Crippen molar-refractivity contribution in [2.24, 2.45) is 0 Å². The van der Waals surface area contributed by atoms with Crippen LogP contribution in [0.5, 0.6) is 0 Å². The van der Waals surface area contributed by atoms with Crippen molar-refractivity contribution in [3.8, 4) is 0 Å². The maximum absolute atomic E-state index is 13.9. The lowest BCUT2D eigenvalue weighted by Gasteiger charge is -2.04. The number of hydrogen-bond acceptors (Lipinski definition) is 2. The summed E-state index contributed by atoms with van der Waals surface area (Å²) < 4.78 is 29.9. The van der Waals surface area contributed by atoms with Gasteiger partial charge in [-0.05, 0) is 42.9 Å². The first-order valence-electron chi connectivity index (χ1n) is 5.87. The molecule has 0 atom stereocenters. The highest BCUT2D eigenvalue weighted by Gasteiger charge is 2.13. The molecule has 7 heteroatoms. The van der Waals surface area contributed by atoms with Crippen LogP contribution >= 0.6 is 35.2 Å². The second-order valence-electron chi connectivity index (χ2n) is 4.30. The van der Waals surface area contributed by atoms with Crippen LogP contribution in [0.4, 0.5) is 8.78 Å². The Kier molecular flexibility index (Phi) is 3.62. The third-order valence-corrected chi connectivity index (χ3v) is 4.65. The van der Waals surface area contributed by atoms with E-state index in [1.807, 2.05) is 12.1 Å². The average Bonchev–Trinajstić information content (AvgIpc) is 2.95. The first-order valence-corrected chi connectivity index (χ1v) is 7.47. The predicted octanol–water partition coefficient (Wildman–Crippen LogP) is 4.93. The van der Waals surface area contributed by atoms with Crippen LogP contribution < -0.4 is 0 Å². The number of aromatic nitrogens is 2. The lowest BCUT2D eigenvalue weighted by molar-refractivity contribution is 0.511. The number of rotatable bonds is 3. The Hall–Kier alpha value is -1.24. The van der Waals surface area contributed by atoms with Crippen molar-refractivity contribution in [3.05, 3.63) is 49.9 Å². The third-order valence-electron chi connectivity index (χ3n) is 3.04. The molecule has 0 radical (unpaired) electrons. The molecule has 3 aromatic rings. The maximum atomic E-state index is 13.9. The van der Waals surface area contributed by atoms with Crippen LogP contribution in [0, 0.1) is 16.4 Å². The number of thiophene rings is 1. The van der Waals surface area contributed by atoms with E-state index in [-0.39, 0.29) is 5.52 Å². The van der Waals surface area contributed by atoms with E-state index >= 15 is 0 Å². The Morgan fingerprint density at radius 1 is 1.25 bits per heavy atom. The van der Waals surface area contributed by atoms with Crippen LogP contribution in [-0.2, 0) is 13.0 Å². The summed E-state index contributed by atoms with van der Waals surface area (Å²) in [5.74, 6) is -1.75. The number of halogens is 3. The van der Waals surface area contributed by atoms with E-state index < -0.39 is 11.6 Å². The van der Waals surface area contributed by atoms with E-state index in [1.165, 1.54) is 17.4 Å². The molecule has 20 heavy (non-hydrogen) atoms. The van der Waals surface area contributed by atoms with Gasteiger partial charge in [0.15, 0.2) is 16.4 Å². The molecule has 0 amide bonds. The minimum Gasteiger partial charge on any atom is -0.330 e. The van der Waals surface area contributed by atoms with Crippen molar-refractivity contribution in [1.29, 1.82) is 0 Å². The Labute approximate surface area is 127 Å². The van der Waals surface area contributed by atoms with Gasteiger partial charge in [-0.15, -0.1) is 11.3 Å². The smallest absolute Gasteiger partial charge is 0.184 e. The van der Waals surface area contributed by atoms with E-state index in [9.17, 15) is 8.78 Å². The topological polar surface area (TPSA) is 20.7 Å². The highest BCUT2D eigenvalue weighted by molar-refractivity contribution is 7.71. The third kappa shape index (κ3) is 2.39. The zero-order valence-corrected chi connectivity index (χ0v) is 12.5. The monoisotopic (exact) mass is 330 g/mol. The van der Waals surface area contributed by atoms with Gasteiger partial charge in [0.25, 0.3) is 0 Å². The summed E-state index contributed by atoms with van der Waals surface area (Å²) >= 11 is 12.5. The minimum atomic E-state index is -0.876. The van der Waals surface area contributed by atoms with Gasteiger partial charge in [-0.1, -0.05) is 11.6 Å². The Bertz CT molecular complexity index is 835. The molecule has 2 nitrogen and oxygen atoms in total. The molecule has 0 spiro atoms. The molecule has 0 aliphatic carbocycles. The molecule has 0 saturated carbocycles. The molecule has 0 saturated heterocycles. The second-order valence-corrected chi connectivity index (χ2v) is 6.48. The number of aromatic amines is 1. The summed E-state index contributed by atoms with van der Waals surface area (Å²) in [5, 5.41) is 0. The highest BCUT2D eigenvalue weighted by Crippen LogP contribution is 2.24. The summed E-state index contributed by atoms with van der Waals surface area (Å²) in [6, 6.07) is 6.31. The van der Waals surface area contributed by atoms with Gasteiger partial charge in [-0.2, -0.15) is 0 Å². The van der Waals surface area contributed by atoms with E-state index in [4.69, 9.17) is 23.8 Å². The summed E-state index contributed by atoms with van der Waals surface area (Å²) in [6.45, 7) is 0.468. The molecular formula is C13H9ClF2N2S2. The molecule has 0 aliphatic heterocycles. The van der Waals surface area contributed by atoms with Crippen molar-refractivity contribution in [1.82, 2.24) is 9.55 Å². The first-order chi connectivity index (χ1) is 9.56. The number of aryl methyl sites for hydroxylation is 2. The number of fused-ring (bicyclic) bond motifs is 1. The van der Waals surface area contributed by atoms with Gasteiger partial charge in [-0.25, -0.2) is 8.78 Å². The minimum absolute atomic E-state index is 0.178. The van der Waals surface area contributed by atoms with Crippen LogP contribution in [0.15, 0.2) is 24.3 Å². The Morgan fingerprint density at radius 3 is 2.75 bits per heavy atom. The molecule has 0 aliphatic rings. The van der Waals surface area contributed by atoms with E-state index in [0.29, 0.717) is 27.6 Å². The van der Waals surface area contributed by atoms with Gasteiger partial charge in [0.2, 0.25) is 0 Å². The zero-order chi connectivity index (χ0) is 14.3. The van der Waals surface area contributed by atoms with Gasteiger partial charge in [0.05, 0.1) is 9.85 Å². The van der Waals surface area contributed by atoms with Crippen LogP contribution in [-0.4, -0.2) is 9.55 Å². The fraction of sp³-hybridized carbons (Fsp3) is 0.154. The summed E-state index contributed by atoms with van der Waals surface area (Å²) in [5.41, 5.74) is 0.677. The van der Waals surface area contributed by atoms with Crippen LogP contribution in [0.25, 0.3) is 11.0 Å². The van der Waals surface area contributed by atoms with Gasteiger partial charge in [0.1, 0.15) is 5.52 Å². The van der Waals surface area contributed by atoms with Gasteiger partial charge in [0, 0.05) is 11.4 Å². The fourth-order valence-electron chi connectivity index (χ4n) is 2.11. The molecule has 1 N–H and O–H groups in total. The normalized spacial score (nSPS) is 11.3. The standard InChI is InChI=1S/C13H9ClF2N2S2/c14-10-4-1-7(20-10)5-6-18-12-9(17-13(18)19)3-2-8(15)11(12)16/h1-4H,5-6H2,(H,17,19). The Balaban J connectivity index is 2.00. The van der Waals surface area contributed by atoms with Crippen LogP contribution in [0.2, 0.25) is 4.34 Å². The molecule has 2 aromatic heterocycles. The molecule has 104 valence electrons. The van der Waals surface area contributed by atoms with Crippen molar-refractivity contribution in [3.63, 3.8) is 0 Å². The number of nitrogens with one attached hydrogen (secondary N) is 1. The number of hydrogen-bond donors (Lipinski definition) is 1. The molecule has 1 aromatic carbocycles. The number of nitrogens with zero attached hydrogens (tertiary/aromatic N) is 1. The lowest BCUT2D eigenvalue weighted by Crippen LogP contribution is -2.02. The van der Waals surface area contributed by atoms with Gasteiger partial charge in [-0.3, -0.25) is 0 Å². The molecule has 2 heterocycles. The number of H-pyrrole nitrogens is 1. The number of imidazole rings is 1. The van der Waals surface area contributed by atoms with Gasteiger partial charge < -0.3 is 9.55 Å². The van der Waals surface area contributed by atoms with Crippen molar-refractivity contribution in [2.45, 2.75) is 13.0 Å². The first kappa shape index (κ1) is 13.7. The molecule has 3 rings (SSSR count). The van der Waals surface area contributed by atoms with Crippen LogP contribution in [0.3, 0.4) is 0 Å². The molecule has 0 fully saturated rings. The largest absolute Gasteiger partial charge is 0.330 e. The van der Waals surface area contributed by atoms with Crippen molar-refractivity contribution < 1.29 is 8.78 Å². The van der Waals surface area contributed by atoms with Crippen LogP contribution in [0.1, 0.15) is 4.88 Å². The highest BCUT2D eigenvalue weighted by atomic mass is 35.5. The van der Waals surface area contributed by atoms with E-state index in [1.54, 1.807) is 4.57 Å². The average molecular weight is 331 g/mol. The second kappa shape index (κ2) is 5.27. The van der Waals surface area contributed by atoms with E-state index in [0.717, 1.165) is 10.9 Å². The maximum Gasteiger partial charge on any atom is 0.184 e. The SMILES string of the molecule is Fc1ccc2[nH]c(=S)n(CCc3ccc(Cl)s3)c2c1F. The quantitative estimate of drug-likeness (QED) is 0.675. The molecule has 0 bridgehead atoms. The summed E-state index contributed by atoms with van der Waals surface area (Å²) in [7, 11) is 0. The predicted molar refractivity (Wildman–Crippen MR) is 80.1 cm³/mol. The Morgan fingerprint density at radius 2 is 2.05 bits per heavy atom. The zero-order valence-electron chi connectivity index (χ0n) is 10.1. The van der Waals surface area contributed by atoms with E-state index in [2.05, 4.69) is 4.98 Å². The summed E-state index contributed by atoms with van der Waals surface area (Å²) in [4.78, 5) is 3.96. The van der Waals surface area contributed by atoms with Gasteiger partial charge >= 0.3 is 0 Å². The fourth-order valence-corrected chi connectivity index (χ4v) is 3.48. The summed E-state index contributed by atoms with van der Waals surface area (Å²) in [6.07, 6.45) is 0.661. The lowest BCUT2D eigenvalue weighted by atomic mass is 10.3. The van der Waals surface area contributed by atoms with Crippen molar-refractivity contribution >= 4 is 46.2 Å². The number of benzene rings is 1. The van der Waals surface area contributed by atoms with Crippen molar-refractivity contribution in [2.75, 3.05) is 0 Å². The molecular weight excluding hydrogens is 322 g/mol.